The van der Waals surface area contributed by atoms with E-state index < -0.39 is 9.84 Å². The molecule has 0 fully saturated rings. The number of rotatable bonds is 5. The highest BCUT2D eigenvalue weighted by atomic mass is 32.2. The van der Waals surface area contributed by atoms with Gasteiger partial charge in [-0.15, -0.1) is 0 Å². The number of amides is 1. The molecule has 146 valence electrons. The van der Waals surface area contributed by atoms with Crippen molar-refractivity contribution in [1.29, 1.82) is 0 Å². The Bertz CT molecular complexity index is 1170. The van der Waals surface area contributed by atoms with Crippen LogP contribution in [0.4, 0.5) is 5.69 Å². The Balaban J connectivity index is 1.50. The van der Waals surface area contributed by atoms with Gasteiger partial charge in [0.05, 0.1) is 4.90 Å². The molecule has 0 saturated carbocycles. The largest absolute Gasteiger partial charge is 0.454 e. The van der Waals surface area contributed by atoms with E-state index in [1.165, 1.54) is 36.4 Å². The fourth-order valence-electron chi connectivity index (χ4n) is 2.79. The second kappa shape index (κ2) is 7.76. The second-order valence-corrected chi connectivity index (χ2v) is 8.04. The van der Waals surface area contributed by atoms with Crippen molar-refractivity contribution in [3.63, 3.8) is 0 Å². The molecule has 2 aromatic carbocycles. The van der Waals surface area contributed by atoms with Gasteiger partial charge >= 0.3 is 0 Å². The van der Waals surface area contributed by atoms with Crippen LogP contribution in [0.2, 0.25) is 0 Å². The molecule has 1 N–H and O–H groups in total. The van der Waals surface area contributed by atoms with Crippen LogP contribution in [-0.4, -0.2) is 26.1 Å². The Morgan fingerprint density at radius 3 is 2.62 bits per heavy atom. The van der Waals surface area contributed by atoms with Crippen LogP contribution in [0.5, 0.6) is 11.5 Å². The highest BCUT2D eigenvalue weighted by molar-refractivity contribution is 7.91. The Morgan fingerprint density at radius 2 is 1.86 bits per heavy atom. The number of ether oxygens (including phenoxy) is 2. The molecule has 0 bridgehead atoms. The van der Waals surface area contributed by atoms with Crippen molar-refractivity contribution in [2.24, 2.45) is 0 Å². The van der Waals surface area contributed by atoms with Crippen molar-refractivity contribution >= 4 is 27.5 Å². The van der Waals surface area contributed by atoms with Gasteiger partial charge in [0.25, 0.3) is 0 Å². The molecule has 8 heteroatoms. The maximum absolute atomic E-state index is 12.9. The summed E-state index contributed by atoms with van der Waals surface area (Å²) in [6, 6.07) is 14.3. The fraction of sp³-hybridized carbons (Fsp3) is 0.0476. The zero-order valence-electron chi connectivity index (χ0n) is 15.1. The first-order valence-corrected chi connectivity index (χ1v) is 10.2. The van der Waals surface area contributed by atoms with Crippen molar-refractivity contribution in [2.75, 3.05) is 12.1 Å². The van der Waals surface area contributed by atoms with Crippen LogP contribution in [0.25, 0.3) is 6.08 Å². The first kappa shape index (κ1) is 18.7. The first-order valence-electron chi connectivity index (χ1n) is 8.67. The highest BCUT2D eigenvalue weighted by Gasteiger charge is 2.27. The number of carbonyl (C=O) groups excluding carboxylic acids is 1. The number of para-hydroxylation sites is 1. The van der Waals surface area contributed by atoms with Gasteiger partial charge in [-0.2, -0.15) is 0 Å². The fourth-order valence-corrected chi connectivity index (χ4v) is 4.20. The van der Waals surface area contributed by atoms with E-state index in [0.717, 1.165) is 5.56 Å². The number of carbonyl (C=O) groups is 1. The van der Waals surface area contributed by atoms with Crippen LogP contribution in [0.1, 0.15) is 5.56 Å². The standard InChI is InChI=1S/C21H16N2O5S/c24-20(11-6-15-3-2-12-22-13-15)23-16-7-9-17(10-8-16)29(25,26)19-5-1-4-18-21(19)28-14-27-18/h1-13H,14H2,(H,23,24)/b11-6+. The molecule has 1 aliphatic rings. The smallest absolute Gasteiger partial charge is 0.248 e. The number of anilines is 1. The lowest BCUT2D eigenvalue weighted by atomic mass is 10.2. The van der Waals surface area contributed by atoms with Gasteiger partial charge < -0.3 is 14.8 Å². The summed E-state index contributed by atoms with van der Waals surface area (Å²) in [7, 11) is -3.79. The number of pyridine rings is 1. The van der Waals surface area contributed by atoms with Crippen LogP contribution in [-0.2, 0) is 14.6 Å². The molecule has 3 aromatic rings. The average molecular weight is 408 g/mol. The number of sulfone groups is 1. The van der Waals surface area contributed by atoms with Crippen molar-refractivity contribution in [3.05, 3.63) is 78.6 Å². The summed E-state index contributed by atoms with van der Waals surface area (Å²) in [5.74, 6) is 0.275. The van der Waals surface area contributed by atoms with Gasteiger partial charge in [-0.25, -0.2) is 8.42 Å². The molecule has 1 amide bonds. The second-order valence-electron chi connectivity index (χ2n) is 6.13. The van der Waals surface area contributed by atoms with Gasteiger partial charge in [0.1, 0.15) is 4.90 Å². The van der Waals surface area contributed by atoms with E-state index in [4.69, 9.17) is 9.47 Å². The molecule has 4 rings (SSSR count). The molecule has 0 saturated heterocycles. The summed E-state index contributed by atoms with van der Waals surface area (Å²) in [5.41, 5.74) is 1.27. The van der Waals surface area contributed by atoms with Crippen LogP contribution >= 0.6 is 0 Å². The van der Waals surface area contributed by atoms with E-state index in [1.807, 2.05) is 6.07 Å². The normalized spacial score (nSPS) is 12.8. The van der Waals surface area contributed by atoms with Gasteiger partial charge in [0.15, 0.2) is 11.5 Å². The molecule has 1 aliphatic heterocycles. The molecular formula is C21H16N2O5S. The van der Waals surface area contributed by atoms with Crippen LogP contribution in [0.15, 0.2) is 82.9 Å². The number of hydrogen-bond donors (Lipinski definition) is 1. The summed E-state index contributed by atoms with van der Waals surface area (Å²) in [6.45, 7) is -0.0145. The maximum Gasteiger partial charge on any atom is 0.248 e. The zero-order chi connectivity index (χ0) is 20.3. The van der Waals surface area contributed by atoms with Crippen molar-refractivity contribution in [2.45, 2.75) is 9.79 Å². The number of aromatic nitrogens is 1. The van der Waals surface area contributed by atoms with Crippen LogP contribution in [0.3, 0.4) is 0 Å². The summed E-state index contributed by atoms with van der Waals surface area (Å²) in [5, 5.41) is 2.69. The van der Waals surface area contributed by atoms with Crippen LogP contribution < -0.4 is 14.8 Å². The molecule has 0 atom stereocenters. The predicted molar refractivity (Wildman–Crippen MR) is 106 cm³/mol. The van der Waals surface area contributed by atoms with Gasteiger partial charge in [-0.1, -0.05) is 12.1 Å². The Labute approximate surface area is 167 Å². The monoisotopic (exact) mass is 408 g/mol. The van der Waals surface area contributed by atoms with Gasteiger partial charge in [0.2, 0.25) is 22.5 Å². The molecule has 2 heterocycles. The minimum atomic E-state index is -3.79. The lowest BCUT2D eigenvalue weighted by molar-refractivity contribution is -0.111. The summed E-state index contributed by atoms with van der Waals surface area (Å²) >= 11 is 0. The maximum atomic E-state index is 12.9. The third-order valence-corrected chi connectivity index (χ3v) is 5.99. The number of fused-ring (bicyclic) bond motifs is 1. The topological polar surface area (TPSA) is 94.6 Å². The molecule has 0 unspecified atom stereocenters. The van der Waals surface area contributed by atoms with E-state index in [2.05, 4.69) is 10.3 Å². The molecule has 1 aromatic heterocycles. The summed E-state index contributed by atoms with van der Waals surface area (Å²) < 4.78 is 36.4. The SMILES string of the molecule is O=C(/C=C/c1cccnc1)Nc1ccc(S(=O)(=O)c2cccc3c2OCO3)cc1. The van der Waals surface area contributed by atoms with Crippen LogP contribution in [0, 0.1) is 0 Å². The number of benzene rings is 2. The molecule has 0 radical (unpaired) electrons. The third kappa shape index (κ3) is 3.97. The Morgan fingerprint density at radius 1 is 1.03 bits per heavy atom. The lowest BCUT2D eigenvalue weighted by Crippen LogP contribution is -2.08. The minimum absolute atomic E-state index is 0.0145. The quantitative estimate of drug-likeness (QED) is 0.651. The zero-order valence-corrected chi connectivity index (χ0v) is 15.9. The van der Waals surface area contributed by atoms with Gasteiger partial charge in [-0.3, -0.25) is 9.78 Å². The number of nitrogens with one attached hydrogen (secondary N) is 1. The van der Waals surface area contributed by atoms with E-state index in [9.17, 15) is 13.2 Å². The van der Waals surface area contributed by atoms with E-state index in [0.29, 0.717) is 11.4 Å². The van der Waals surface area contributed by atoms with E-state index >= 15 is 0 Å². The first-order chi connectivity index (χ1) is 14.0. The van der Waals surface area contributed by atoms with Crippen molar-refractivity contribution in [3.8, 4) is 11.5 Å². The molecule has 29 heavy (non-hydrogen) atoms. The van der Waals surface area contributed by atoms with E-state index in [1.54, 1.807) is 36.7 Å². The molecule has 0 spiro atoms. The molecule has 0 aliphatic carbocycles. The number of nitrogens with zero attached hydrogens (tertiary/aromatic N) is 1. The predicted octanol–water partition coefficient (Wildman–Crippen LogP) is 3.30. The molecule has 7 nitrogen and oxygen atoms in total. The third-order valence-electron chi connectivity index (χ3n) is 4.19. The summed E-state index contributed by atoms with van der Waals surface area (Å²) in [6.07, 6.45) is 6.31. The summed E-state index contributed by atoms with van der Waals surface area (Å²) in [4.78, 5) is 16.2. The highest BCUT2D eigenvalue weighted by Crippen LogP contribution is 2.40. The molecular weight excluding hydrogens is 392 g/mol. The Kier molecular flexibility index (Phi) is 5.01. The van der Waals surface area contributed by atoms with Gasteiger partial charge in [-0.05, 0) is 54.1 Å². The van der Waals surface area contributed by atoms with Gasteiger partial charge in [0, 0.05) is 24.2 Å². The number of hydrogen-bond acceptors (Lipinski definition) is 6. The average Bonchev–Trinajstić information content (AvgIpc) is 3.22. The lowest BCUT2D eigenvalue weighted by Gasteiger charge is -2.09. The van der Waals surface area contributed by atoms with Crippen molar-refractivity contribution in [1.82, 2.24) is 4.98 Å². The Hall–Kier alpha value is -3.65. The minimum Gasteiger partial charge on any atom is -0.454 e. The van der Waals surface area contributed by atoms with Crippen molar-refractivity contribution < 1.29 is 22.7 Å². The van der Waals surface area contributed by atoms with E-state index in [-0.39, 0.29) is 28.2 Å².